The van der Waals surface area contributed by atoms with E-state index in [1.807, 2.05) is 66.7 Å². The standard InChI is InChI=1S/C24H16Br2N2O3S/c1-30-20-11-15(10-17(26)22(20)31-13-14-6-8-16(25)9-7-14)12-21-23(29)28-19-5-3-2-4-18(19)27-24(28)32-21/h2-12H,13H2,1H3/b21-12-. The Balaban J connectivity index is 1.51. The molecule has 0 radical (unpaired) electrons. The molecule has 32 heavy (non-hydrogen) atoms. The van der Waals surface area contributed by atoms with Crippen LogP contribution < -0.4 is 19.6 Å². The Morgan fingerprint density at radius 1 is 1.09 bits per heavy atom. The van der Waals surface area contributed by atoms with E-state index in [0.29, 0.717) is 27.6 Å². The zero-order valence-electron chi connectivity index (χ0n) is 16.8. The van der Waals surface area contributed by atoms with E-state index in [0.717, 1.165) is 31.1 Å². The van der Waals surface area contributed by atoms with Crippen LogP contribution in [0.4, 0.5) is 0 Å². The lowest BCUT2D eigenvalue weighted by Gasteiger charge is -2.13. The monoisotopic (exact) mass is 570 g/mol. The number of nitrogens with zero attached hydrogens (tertiary/aromatic N) is 2. The summed E-state index contributed by atoms with van der Waals surface area (Å²) in [5.74, 6) is 1.20. The number of ether oxygens (including phenoxy) is 2. The maximum Gasteiger partial charge on any atom is 0.274 e. The number of aromatic nitrogens is 2. The minimum atomic E-state index is -0.0793. The van der Waals surface area contributed by atoms with Gasteiger partial charge in [0.2, 0.25) is 0 Å². The molecule has 0 saturated heterocycles. The maximum atomic E-state index is 13.0. The van der Waals surface area contributed by atoms with Crippen LogP contribution in [-0.2, 0) is 6.61 Å². The summed E-state index contributed by atoms with van der Waals surface area (Å²) in [6, 6.07) is 19.4. The molecule has 0 unspecified atom stereocenters. The van der Waals surface area contributed by atoms with Crippen LogP contribution >= 0.6 is 43.2 Å². The van der Waals surface area contributed by atoms with Crippen LogP contribution in [0.25, 0.3) is 22.1 Å². The van der Waals surface area contributed by atoms with E-state index in [1.165, 1.54) is 11.3 Å². The zero-order valence-corrected chi connectivity index (χ0v) is 20.8. The highest BCUT2D eigenvalue weighted by atomic mass is 79.9. The summed E-state index contributed by atoms with van der Waals surface area (Å²) in [7, 11) is 1.60. The van der Waals surface area contributed by atoms with Crippen molar-refractivity contribution in [1.29, 1.82) is 0 Å². The summed E-state index contributed by atoms with van der Waals surface area (Å²) in [5.41, 5.74) is 3.43. The molecule has 0 aliphatic heterocycles. The lowest BCUT2D eigenvalue weighted by Crippen LogP contribution is -2.22. The Bertz CT molecular complexity index is 1560. The van der Waals surface area contributed by atoms with Gasteiger partial charge in [-0.05, 0) is 69.5 Å². The maximum absolute atomic E-state index is 13.0. The molecule has 0 aliphatic carbocycles. The molecule has 5 rings (SSSR count). The summed E-state index contributed by atoms with van der Waals surface area (Å²) < 4.78 is 15.6. The van der Waals surface area contributed by atoms with E-state index >= 15 is 0 Å². The van der Waals surface area contributed by atoms with Crippen LogP contribution in [0, 0.1) is 0 Å². The van der Waals surface area contributed by atoms with Gasteiger partial charge in [0.05, 0.1) is 27.1 Å². The highest BCUT2D eigenvalue weighted by Gasteiger charge is 2.14. The topological polar surface area (TPSA) is 52.8 Å². The van der Waals surface area contributed by atoms with E-state index in [-0.39, 0.29) is 5.56 Å². The van der Waals surface area contributed by atoms with Gasteiger partial charge in [-0.1, -0.05) is 51.5 Å². The average molecular weight is 572 g/mol. The van der Waals surface area contributed by atoms with Crippen molar-refractivity contribution in [2.45, 2.75) is 6.61 Å². The number of rotatable bonds is 5. The van der Waals surface area contributed by atoms with Gasteiger partial charge in [-0.3, -0.25) is 4.79 Å². The summed E-state index contributed by atoms with van der Waals surface area (Å²) in [4.78, 5) is 18.3. The fourth-order valence-corrected chi connectivity index (χ4v) is 5.29. The fraction of sp³-hybridized carbons (Fsp3) is 0.0833. The van der Waals surface area contributed by atoms with Gasteiger partial charge in [-0.15, -0.1) is 0 Å². The molecular formula is C24H16Br2N2O3S. The summed E-state index contributed by atoms with van der Waals surface area (Å²) in [6.45, 7) is 0.408. The highest BCUT2D eigenvalue weighted by Crippen LogP contribution is 2.37. The number of benzene rings is 3. The van der Waals surface area contributed by atoms with Gasteiger partial charge < -0.3 is 9.47 Å². The van der Waals surface area contributed by atoms with Crippen molar-refractivity contribution in [2.24, 2.45) is 0 Å². The molecule has 160 valence electrons. The third-order valence-electron chi connectivity index (χ3n) is 4.99. The van der Waals surface area contributed by atoms with Crippen molar-refractivity contribution in [3.63, 3.8) is 0 Å². The normalized spacial score (nSPS) is 12.0. The molecule has 0 saturated carbocycles. The Morgan fingerprint density at radius 2 is 1.88 bits per heavy atom. The van der Waals surface area contributed by atoms with Crippen LogP contribution in [0.2, 0.25) is 0 Å². The minimum Gasteiger partial charge on any atom is -0.493 e. The third kappa shape index (κ3) is 3.94. The quantitative estimate of drug-likeness (QED) is 0.277. The Labute approximate surface area is 204 Å². The second kappa shape index (κ2) is 8.69. The molecule has 0 atom stereocenters. The molecule has 0 bridgehead atoms. The second-order valence-corrected chi connectivity index (χ2v) is 9.86. The first-order valence-electron chi connectivity index (χ1n) is 9.70. The van der Waals surface area contributed by atoms with Gasteiger partial charge >= 0.3 is 0 Å². The van der Waals surface area contributed by atoms with Crippen LogP contribution in [0.1, 0.15) is 11.1 Å². The van der Waals surface area contributed by atoms with E-state index < -0.39 is 0 Å². The average Bonchev–Trinajstić information content (AvgIpc) is 3.30. The number of hydrogen-bond acceptors (Lipinski definition) is 5. The van der Waals surface area contributed by atoms with Crippen molar-refractivity contribution in [2.75, 3.05) is 7.11 Å². The number of fused-ring (bicyclic) bond motifs is 3. The van der Waals surface area contributed by atoms with Gasteiger partial charge in [-0.2, -0.15) is 0 Å². The third-order valence-corrected chi connectivity index (χ3v) is 7.08. The minimum absolute atomic E-state index is 0.0793. The van der Waals surface area contributed by atoms with Crippen molar-refractivity contribution < 1.29 is 9.47 Å². The first kappa shape index (κ1) is 21.2. The van der Waals surface area contributed by atoms with Crippen molar-refractivity contribution in [3.05, 3.63) is 95.6 Å². The van der Waals surface area contributed by atoms with Crippen molar-refractivity contribution in [1.82, 2.24) is 9.38 Å². The van der Waals surface area contributed by atoms with Crippen LogP contribution in [0.15, 0.2) is 74.4 Å². The van der Waals surface area contributed by atoms with Crippen LogP contribution in [0.5, 0.6) is 11.5 Å². The molecule has 8 heteroatoms. The molecule has 0 fully saturated rings. The molecule has 5 nitrogen and oxygen atoms in total. The number of hydrogen-bond donors (Lipinski definition) is 0. The number of halogens is 2. The van der Waals surface area contributed by atoms with Gasteiger partial charge in [0, 0.05) is 4.47 Å². The number of thiazole rings is 1. The van der Waals surface area contributed by atoms with E-state index in [4.69, 9.17) is 9.47 Å². The molecule has 5 aromatic rings. The number of para-hydroxylation sites is 2. The van der Waals surface area contributed by atoms with E-state index in [2.05, 4.69) is 36.8 Å². The Hall–Kier alpha value is -2.68. The van der Waals surface area contributed by atoms with Crippen LogP contribution in [-0.4, -0.2) is 16.5 Å². The SMILES string of the molecule is COc1cc(/C=c2\sc3nc4ccccc4n3c2=O)cc(Br)c1OCc1ccc(Br)cc1. The summed E-state index contributed by atoms with van der Waals surface area (Å²) in [5, 5.41) is 0. The lowest BCUT2D eigenvalue weighted by atomic mass is 10.2. The van der Waals surface area contributed by atoms with E-state index in [9.17, 15) is 4.79 Å². The molecule has 3 aromatic carbocycles. The smallest absolute Gasteiger partial charge is 0.274 e. The largest absolute Gasteiger partial charge is 0.493 e. The van der Waals surface area contributed by atoms with Gasteiger partial charge in [0.15, 0.2) is 16.5 Å². The predicted molar refractivity (Wildman–Crippen MR) is 135 cm³/mol. The van der Waals surface area contributed by atoms with E-state index in [1.54, 1.807) is 11.5 Å². The van der Waals surface area contributed by atoms with Crippen molar-refractivity contribution in [3.8, 4) is 11.5 Å². The molecule has 2 heterocycles. The van der Waals surface area contributed by atoms with Crippen molar-refractivity contribution >= 4 is 65.3 Å². The second-order valence-electron chi connectivity index (χ2n) is 7.08. The van der Waals surface area contributed by atoms with Gasteiger partial charge in [-0.25, -0.2) is 9.38 Å². The molecular weight excluding hydrogens is 556 g/mol. The van der Waals surface area contributed by atoms with Gasteiger partial charge in [0.25, 0.3) is 5.56 Å². The molecule has 0 aliphatic rings. The molecule has 0 amide bonds. The molecule has 0 N–H and O–H groups in total. The highest BCUT2D eigenvalue weighted by molar-refractivity contribution is 9.10. The lowest BCUT2D eigenvalue weighted by molar-refractivity contribution is 0.282. The number of imidazole rings is 1. The number of methoxy groups -OCH3 is 1. The Kier molecular flexibility index (Phi) is 5.75. The first-order chi connectivity index (χ1) is 15.5. The Morgan fingerprint density at radius 3 is 2.66 bits per heavy atom. The summed E-state index contributed by atoms with van der Waals surface area (Å²) in [6.07, 6.45) is 1.85. The first-order valence-corrected chi connectivity index (χ1v) is 12.1. The zero-order chi connectivity index (χ0) is 22.2. The summed E-state index contributed by atoms with van der Waals surface area (Å²) >= 11 is 8.40. The molecule has 2 aromatic heterocycles. The van der Waals surface area contributed by atoms with Gasteiger partial charge in [0.1, 0.15) is 6.61 Å². The molecule has 0 spiro atoms. The van der Waals surface area contributed by atoms with Crippen LogP contribution in [0.3, 0.4) is 0 Å². The fourth-order valence-electron chi connectivity index (χ4n) is 3.46. The predicted octanol–water partition coefficient (Wildman–Crippen LogP) is 5.57.